The van der Waals surface area contributed by atoms with Gasteiger partial charge in [-0.15, -0.1) is 0 Å². The van der Waals surface area contributed by atoms with Crippen molar-refractivity contribution in [2.75, 3.05) is 5.32 Å². The quantitative estimate of drug-likeness (QED) is 0.802. The van der Waals surface area contributed by atoms with Crippen LogP contribution >= 0.6 is 0 Å². The largest absolute Gasteiger partial charge is 0.379 e. The van der Waals surface area contributed by atoms with Crippen molar-refractivity contribution in [1.29, 1.82) is 0 Å². The average Bonchev–Trinajstić information content (AvgIpc) is 2.63. The van der Waals surface area contributed by atoms with E-state index in [-0.39, 0.29) is 0 Å². The van der Waals surface area contributed by atoms with Gasteiger partial charge in [-0.05, 0) is 19.1 Å². The molecule has 14 heavy (non-hydrogen) atoms. The second kappa shape index (κ2) is 3.91. The third-order valence-electron chi connectivity index (χ3n) is 1.83. The number of hydrogen-bond donors (Lipinski definition) is 1. The molecule has 0 unspecified atom stereocenters. The minimum Gasteiger partial charge on any atom is -0.379 e. The highest BCUT2D eigenvalue weighted by atomic mass is 16.5. The molecule has 0 saturated heterocycles. The molecule has 2 aromatic heterocycles. The molecule has 0 amide bonds. The first-order chi connectivity index (χ1) is 6.84. The van der Waals surface area contributed by atoms with E-state index in [1.54, 1.807) is 12.4 Å². The van der Waals surface area contributed by atoms with Crippen LogP contribution in [0, 0.1) is 6.92 Å². The van der Waals surface area contributed by atoms with E-state index in [1.807, 2.05) is 25.1 Å². The van der Waals surface area contributed by atoms with Crippen molar-refractivity contribution in [3.8, 4) is 0 Å². The van der Waals surface area contributed by atoms with E-state index >= 15 is 0 Å². The molecule has 72 valence electrons. The van der Waals surface area contributed by atoms with Crippen molar-refractivity contribution < 1.29 is 4.52 Å². The van der Waals surface area contributed by atoms with Gasteiger partial charge >= 0.3 is 0 Å². The van der Waals surface area contributed by atoms with Gasteiger partial charge in [-0.1, -0.05) is 5.16 Å². The van der Waals surface area contributed by atoms with Gasteiger partial charge in [-0.25, -0.2) is 0 Å². The Bertz CT molecular complexity index is 397. The zero-order valence-electron chi connectivity index (χ0n) is 7.90. The van der Waals surface area contributed by atoms with E-state index in [4.69, 9.17) is 4.52 Å². The summed E-state index contributed by atoms with van der Waals surface area (Å²) >= 11 is 0. The number of pyridine rings is 1. The van der Waals surface area contributed by atoms with Crippen molar-refractivity contribution in [3.05, 3.63) is 42.0 Å². The highest BCUT2D eigenvalue weighted by molar-refractivity contribution is 5.40. The molecule has 0 aromatic carbocycles. The van der Waals surface area contributed by atoms with Gasteiger partial charge in [0.15, 0.2) is 0 Å². The Hall–Kier alpha value is -1.84. The van der Waals surface area contributed by atoms with E-state index in [1.165, 1.54) is 0 Å². The standard InChI is InChI=1S/C10H11N3O/c1-8-6-10(13-14-8)7-12-9-2-4-11-5-3-9/h2-6H,7H2,1H3,(H,11,12). The lowest BCUT2D eigenvalue weighted by Crippen LogP contribution is -1.99. The Kier molecular flexibility index (Phi) is 2.44. The summed E-state index contributed by atoms with van der Waals surface area (Å²) in [4.78, 5) is 3.93. The van der Waals surface area contributed by atoms with Gasteiger partial charge in [0.2, 0.25) is 0 Å². The number of rotatable bonds is 3. The van der Waals surface area contributed by atoms with Crippen molar-refractivity contribution >= 4 is 5.69 Å². The van der Waals surface area contributed by atoms with E-state index in [0.717, 1.165) is 17.1 Å². The van der Waals surface area contributed by atoms with Crippen LogP contribution in [0.4, 0.5) is 5.69 Å². The minimum atomic E-state index is 0.668. The Morgan fingerprint density at radius 1 is 1.36 bits per heavy atom. The van der Waals surface area contributed by atoms with Crippen LogP contribution in [0.5, 0.6) is 0 Å². The number of nitrogens with one attached hydrogen (secondary N) is 1. The van der Waals surface area contributed by atoms with Crippen molar-refractivity contribution in [3.63, 3.8) is 0 Å². The summed E-state index contributed by atoms with van der Waals surface area (Å²) in [6.07, 6.45) is 3.49. The van der Waals surface area contributed by atoms with Crippen LogP contribution in [0.2, 0.25) is 0 Å². The number of aryl methyl sites for hydroxylation is 1. The zero-order valence-corrected chi connectivity index (χ0v) is 7.90. The summed E-state index contributed by atoms with van der Waals surface area (Å²) in [5, 5.41) is 7.09. The molecule has 2 rings (SSSR count). The molecular weight excluding hydrogens is 178 g/mol. The van der Waals surface area contributed by atoms with E-state index < -0.39 is 0 Å². The second-order valence-corrected chi connectivity index (χ2v) is 3.02. The molecule has 2 aromatic rings. The van der Waals surface area contributed by atoms with E-state index in [2.05, 4.69) is 15.5 Å². The lowest BCUT2D eigenvalue weighted by molar-refractivity contribution is 0.391. The molecule has 0 radical (unpaired) electrons. The molecule has 0 bridgehead atoms. The number of hydrogen-bond acceptors (Lipinski definition) is 4. The van der Waals surface area contributed by atoms with Crippen LogP contribution in [-0.2, 0) is 6.54 Å². The summed E-state index contributed by atoms with van der Waals surface area (Å²) in [6.45, 7) is 2.55. The second-order valence-electron chi connectivity index (χ2n) is 3.02. The molecule has 4 nitrogen and oxygen atoms in total. The van der Waals surface area contributed by atoms with Gasteiger partial charge in [-0.2, -0.15) is 0 Å². The van der Waals surface area contributed by atoms with Gasteiger partial charge < -0.3 is 9.84 Å². The molecule has 2 heterocycles. The van der Waals surface area contributed by atoms with Gasteiger partial charge in [0, 0.05) is 24.1 Å². The van der Waals surface area contributed by atoms with Crippen LogP contribution in [0.3, 0.4) is 0 Å². The van der Waals surface area contributed by atoms with Crippen molar-refractivity contribution in [1.82, 2.24) is 10.1 Å². The molecule has 1 N–H and O–H groups in total. The van der Waals surface area contributed by atoms with Gasteiger partial charge in [0.05, 0.1) is 6.54 Å². The summed E-state index contributed by atoms with van der Waals surface area (Å²) in [6, 6.07) is 5.73. The molecule has 0 fully saturated rings. The predicted molar refractivity (Wildman–Crippen MR) is 52.8 cm³/mol. The summed E-state index contributed by atoms with van der Waals surface area (Å²) in [7, 11) is 0. The first kappa shape index (κ1) is 8.74. The molecule has 0 aliphatic rings. The van der Waals surface area contributed by atoms with Crippen LogP contribution in [-0.4, -0.2) is 10.1 Å². The lowest BCUT2D eigenvalue weighted by Gasteiger charge is -2.01. The predicted octanol–water partition coefficient (Wildman–Crippen LogP) is 1.99. The van der Waals surface area contributed by atoms with Gasteiger partial charge in [0.25, 0.3) is 0 Å². The summed E-state index contributed by atoms with van der Waals surface area (Å²) in [5.41, 5.74) is 1.93. The fourth-order valence-corrected chi connectivity index (χ4v) is 1.16. The fourth-order valence-electron chi connectivity index (χ4n) is 1.16. The van der Waals surface area contributed by atoms with Crippen LogP contribution in [0.1, 0.15) is 11.5 Å². The van der Waals surface area contributed by atoms with Crippen molar-refractivity contribution in [2.45, 2.75) is 13.5 Å². The molecule has 0 aliphatic carbocycles. The smallest absolute Gasteiger partial charge is 0.133 e. The number of nitrogens with zero attached hydrogens (tertiary/aromatic N) is 2. The third kappa shape index (κ3) is 2.10. The molecule has 0 atom stereocenters. The maximum Gasteiger partial charge on any atom is 0.133 e. The van der Waals surface area contributed by atoms with Crippen molar-refractivity contribution in [2.24, 2.45) is 0 Å². The number of anilines is 1. The molecule has 0 saturated carbocycles. The topological polar surface area (TPSA) is 51.0 Å². The van der Waals surface area contributed by atoms with Gasteiger partial charge in [0.1, 0.15) is 11.5 Å². The summed E-state index contributed by atoms with van der Waals surface area (Å²) < 4.78 is 4.95. The molecule has 0 aliphatic heterocycles. The Morgan fingerprint density at radius 2 is 2.14 bits per heavy atom. The maximum atomic E-state index is 4.95. The number of aromatic nitrogens is 2. The van der Waals surface area contributed by atoms with Gasteiger partial charge in [-0.3, -0.25) is 4.98 Å². The highest BCUT2D eigenvalue weighted by Gasteiger charge is 1.98. The molecule has 0 spiro atoms. The Labute approximate surface area is 82.0 Å². The summed E-state index contributed by atoms with van der Waals surface area (Å²) in [5.74, 6) is 0.830. The first-order valence-electron chi connectivity index (χ1n) is 4.41. The fraction of sp³-hybridized carbons (Fsp3) is 0.200. The third-order valence-corrected chi connectivity index (χ3v) is 1.83. The van der Waals surface area contributed by atoms with E-state index in [9.17, 15) is 0 Å². The zero-order chi connectivity index (χ0) is 9.80. The lowest BCUT2D eigenvalue weighted by atomic mass is 10.3. The average molecular weight is 189 g/mol. The molecular formula is C10H11N3O. The first-order valence-corrected chi connectivity index (χ1v) is 4.41. The monoisotopic (exact) mass is 189 g/mol. The SMILES string of the molecule is Cc1cc(CNc2ccncc2)no1. The van der Waals surface area contributed by atoms with Crippen LogP contribution < -0.4 is 5.32 Å². The minimum absolute atomic E-state index is 0.668. The van der Waals surface area contributed by atoms with Crippen LogP contribution in [0.25, 0.3) is 0 Å². The normalized spacial score (nSPS) is 10.1. The maximum absolute atomic E-state index is 4.95. The Balaban J connectivity index is 1.95. The molecule has 4 heteroatoms. The van der Waals surface area contributed by atoms with E-state index in [0.29, 0.717) is 6.54 Å². The Morgan fingerprint density at radius 3 is 2.79 bits per heavy atom. The highest BCUT2D eigenvalue weighted by Crippen LogP contribution is 2.07. The van der Waals surface area contributed by atoms with Crippen LogP contribution in [0.15, 0.2) is 35.1 Å².